The first-order valence-electron chi connectivity index (χ1n) is 14.8. The first-order valence-corrected chi connectivity index (χ1v) is 14.8. The zero-order chi connectivity index (χ0) is 26.4. The van der Waals surface area contributed by atoms with E-state index in [1.807, 2.05) is 0 Å². The highest BCUT2D eigenvalue weighted by Gasteiger charge is 2.14. The van der Waals surface area contributed by atoms with Gasteiger partial charge in [0.1, 0.15) is 0 Å². The summed E-state index contributed by atoms with van der Waals surface area (Å²) in [5.41, 5.74) is 0.115. The lowest BCUT2D eigenvalue weighted by Gasteiger charge is -2.17. The van der Waals surface area contributed by atoms with Gasteiger partial charge < -0.3 is 9.47 Å². The van der Waals surface area contributed by atoms with E-state index in [0.29, 0.717) is 26.1 Å². The van der Waals surface area contributed by atoms with Crippen molar-refractivity contribution >= 4 is 11.9 Å². The van der Waals surface area contributed by atoms with E-state index in [0.717, 1.165) is 25.7 Å². The number of hydrogen-bond donors (Lipinski definition) is 0. The minimum absolute atomic E-state index is 0.0364. The molecule has 0 bridgehead atoms. The Bertz CT molecular complexity index is 467. The molecule has 0 saturated heterocycles. The molecule has 0 unspecified atom stereocenters. The topological polar surface area (TPSA) is 52.6 Å². The Morgan fingerprint density at radius 3 is 0.800 bits per heavy atom. The first-order chi connectivity index (χ1) is 16.5. The number of esters is 2. The van der Waals surface area contributed by atoms with E-state index in [-0.39, 0.29) is 22.8 Å². The Morgan fingerprint density at radius 1 is 0.400 bits per heavy atom. The molecule has 4 nitrogen and oxygen atoms in total. The van der Waals surface area contributed by atoms with Crippen LogP contribution in [0.1, 0.15) is 164 Å². The maximum atomic E-state index is 11.7. The van der Waals surface area contributed by atoms with E-state index < -0.39 is 0 Å². The quantitative estimate of drug-likeness (QED) is 0.111. The largest absolute Gasteiger partial charge is 0.465 e. The van der Waals surface area contributed by atoms with Crippen LogP contribution in [0.5, 0.6) is 0 Å². The average molecular weight is 497 g/mol. The Labute approximate surface area is 218 Å². The number of hydrogen-bond acceptors (Lipinski definition) is 4. The third-order valence-electron chi connectivity index (χ3n) is 6.09. The molecule has 0 saturated carbocycles. The third-order valence-corrected chi connectivity index (χ3v) is 6.09. The third kappa shape index (κ3) is 29.1. The van der Waals surface area contributed by atoms with Gasteiger partial charge in [-0.15, -0.1) is 0 Å². The number of carbonyl (C=O) groups excluding carboxylic acids is 2. The van der Waals surface area contributed by atoms with E-state index in [1.165, 1.54) is 83.5 Å². The predicted octanol–water partition coefficient (Wildman–Crippen LogP) is 9.58. The zero-order valence-electron chi connectivity index (χ0n) is 24.5. The second kappa shape index (κ2) is 21.1. The molecule has 0 spiro atoms. The Kier molecular flexibility index (Phi) is 20.4. The lowest BCUT2D eigenvalue weighted by molar-refractivity contribution is -0.147. The predicted molar refractivity (Wildman–Crippen MR) is 149 cm³/mol. The van der Waals surface area contributed by atoms with Crippen molar-refractivity contribution < 1.29 is 19.1 Å². The monoisotopic (exact) mass is 496 g/mol. The fraction of sp³-hybridized carbons (Fsp3) is 0.935. The Balaban J connectivity index is 3.22. The highest BCUT2D eigenvalue weighted by atomic mass is 16.5. The van der Waals surface area contributed by atoms with Crippen LogP contribution in [0.2, 0.25) is 0 Å². The maximum Gasteiger partial charge on any atom is 0.305 e. The Morgan fingerprint density at radius 2 is 0.600 bits per heavy atom. The van der Waals surface area contributed by atoms with Crippen LogP contribution in [-0.2, 0) is 19.1 Å². The fourth-order valence-corrected chi connectivity index (χ4v) is 3.93. The van der Waals surface area contributed by atoms with Gasteiger partial charge in [-0.25, -0.2) is 0 Å². The average Bonchev–Trinajstić information content (AvgIpc) is 2.76. The van der Waals surface area contributed by atoms with Crippen LogP contribution >= 0.6 is 0 Å². The first kappa shape index (κ1) is 33.9. The van der Waals surface area contributed by atoms with E-state index in [9.17, 15) is 9.59 Å². The number of unbranched alkanes of at least 4 members (excludes halogenated alkanes) is 16. The summed E-state index contributed by atoms with van der Waals surface area (Å²) in [5, 5.41) is 0. The van der Waals surface area contributed by atoms with Gasteiger partial charge in [-0.3, -0.25) is 9.59 Å². The van der Waals surface area contributed by atoms with Crippen molar-refractivity contribution in [1.29, 1.82) is 0 Å². The Hall–Kier alpha value is -1.06. The molecule has 0 atom stereocenters. The van der Waals surface area contributed by atoms with Gasteiger partial charge >= 0.3 is 11.9 Å². The van der Waals surface area contributed by atoms with Gasteiger partial charge in [-0.1, -0.05) is 138 Å². The van der Waals surface area contributed by atoms with Crippen molar-refractivity contribution in [3.05, 3.63) is 0 Å². The van der Waals surface area contributed by atoms with Gasteiger partial charge in [0.25, 0.3) is 0 Å². The van der Waals surface area contributed by atoms with Crippen LogP contribution in [-0.4, -0.2) is 25.2 Å². The minimum Gasteiger partial charge on any atom is -0.465 e. The number of ether oxygens (including phenoxy) is 2. The molecule has 0 aromatic carbocycles. The summed E-state index contributed by atoms with van der Waals surface area (Å²) in [4.78, 5) is 23.4. The van der Waals surface area contributed by atoms with Crippen molar-refractivity contribution in [2.75, 3.05) is 13.2 Å². The molecule has 0 amide bonds. The second-order valence-electron chi connectivity index (χ2n) is 13.0. The summed E-state index contributed by atoms with van der Waals surface area (Å²) in [6, 6.07) is 0. The summed E-state index contributed by atoms with van der Waals surface area (Å²) < 4.78 is 10.6. The molecule has 0 aromatic heterocycles. The van der Waals surface area contributed by atoms with Gasteiger partial charge in [0, 0.05) is 12.8 Å². The van der Waals surface area contributed by atoms with Crippen LogP contribution in [0.25, 0.3) is 0 Å². The maximum absolute atomic E-state index is 11.7. The molecular formula is C31H60O4. The van der Waals surface area contributed by atoms with Crippen LogP contribution in [0.3, 0.4) is 0 Å². The van der Waals surface area contributed by atoms with E-state index in [4.69, 9.17) is 9.47 Å². The molecule has 0 N–H and O–H groups in total. The highest BCUT2D eigenvalue weighted by Crippen LogP contribution is 2.17. The zero-order valence-corrected chi connectivity index (χ0v) is 24.5. The summed E-state index contributed by atoms with van der Waals surface area (Å²) in [7, 11) is 0. The molecule has 208 valence electrons. The summed E-state index contributed by atoms with van der Waals surface area (Å²) in [6.45, 7) is 13.6. The molecule has 0 aliphatic heterocycles. The van der Waals surface area contributed by atoms with Crippen molar-refractivity contribution in [3.8, 4) is 0 Å². The molecule has 35 heavy (non-hydrogen) atoms. The smallest absolute Gasteiger partial charge is 0.305 e. The van der Waals surface area contributed by atoms with Gasteiger partial charge in [0.15, 0.2) is 0 Å². The van der Waals surface area contributed by atoms with Gasteiger partial charge in [-0.2, -0.15) is 0 Å². The second-order valence-corrected chi connectivity index (χ2v) is 13.0. The molecular weight excluding hydrogens is 436 g/mol. The summed E-state index contributed by atoms with van der Waals surface area (Å²) in [5.74, 6) is -0.0729. The van der Waals surface area contributed by atoms with Crippen LogP contribution in [0, 0.1) is 10.8 Å². The standard InChI is InChI=1S/C31H60O4/c1-30(2,3)26-34-28(32)24-22-20-18-16-14-12-10-8-7-9-11-13-15-17-19-21-23-25-29(33)35-27-31(4,5)6/h7-27H2,1-6H3. The lowest BCUT2D eigenvalue weighted by atomic mass is 9.99. The van der Waals surface area contributed by atoms with Gasteiger partial charge in [0.05, 0.1) is 13.2 Å². The van der Waals surface area contributed by atoms with Crippen molar-refractivity contribution in [3.63, 3.8) is 0 Å². The number of rotatable bonds is 22. The molecule has 0 aliphatic rings. The molecule has 0 fully saturated rings. The molecule has 0 aromatic rings. The van der Waals surface area contributed by atoms with Crippen LogP contribution in [0.15, 0.2) is 0 Å². The van der Waals surface area contributed by atoms with Crippen LogP contribution < -0.4 is 0 Å². The van der Waals surface area contributed by atoms with E-state index in [1.54, 1.807) is 0 Å². The fourth-order valence-electron chi connectivity index (χ4n) is 3.93. The summed E-state index contributed by atoms with van der Waals surface area (Å²) >= 11 is 0. The van der Waals surface area contributed by atoms with Gasteiger partial charge in [-0.05, 0) is 23.7 Å². The molecule has 0 radical (unpaired) electrons. The summed E-state index contributed by atoms with van der Waals surface area (Å²) in [6.07, 6.45) is 22.7. The highest BCUT2D eigenvalue weighted by molar-refractivity contribution is 5.69. The lowest BCUT2D eigenvalue weighted by Crippen LogP contribution is -2.18. The molecule has 0 aliphatic carbocycles. The minimum atomic E-state index is -0.0364. The van der Waals surface area contributed by atoms with Crippen LogP contribution in [0.4, 0.5) is 0 Å². The molecule has 4 heteroatoms. The SMILES string of the molecule is CC(C)(C)COC(=O)CCCCCCCCCCCCCCCCCCCC(=O)OCC(C)(C)C. The molecule has 0 rings (SSSR count). The molecule has 0 heterocycles. The van der Waals surface area contributed by atoms with Crippen molar-refractivity contribution in [2.24, 2.45) is 10.8 Å². The van der Waals surface area contributed by atoms with Crippen molar-refractivity contribution in [1.82, 2.24) is 0 Å². The number of carbonyl (C=O) groups is 2. The van der Waals surface area contributed by atoms with Gasteiger partial charge in [0.2, 0.25) is 0 Å². The van der Waals surface area contributed by atoms with E-state index >= 15 is 0 Å². The normalized spacial score (nSPS) is 12.1. The van der Waals surface area contributed by atoms with Crippen molar-refractivity contribution in [2.45, 2.75) is 164 Å². The van der Waals surface area contributed by atoms with E-state index in [2.05, 4.69) is 41.5 Å².